The van der Waals surface area contributed by atoms with Crippen LogP contribution in [0.1, 0.15) is 20.9 Å². The smallest absolute Gasteiger partial charge is 0.264 e. The summed E-state index contributed by atoms with van der Waals surface area (Å²) in [6, 6.07) is 22.0. The van der Waals surface area contributed by atoms with Gasteiger partial charge in [0.1, 0.15) is 4.83 Å². The predicted octanol–water partition coefficient (Wildman–Crippen LogP) is 4.68. The number of thiophene rings is 1. The van der Waals surface area contributed by atoms with E-state index in [4.69, 9.17) is 4.74 Å². The van der Waals surface area contributed by atoms with Gasteiger partial charge < -0.3 is 9.64 Å². The van der Waals surface area contributed by atoms with Gasteiger partial charge in [0, 0.05) is 25.6 Å². The van der Waals surface area contributed by atoms with E-state index in [0.717, 1.165) is 32.0 Å². The number of nitrogens with zero attached hydrogens (tertiary/aromatic N) is 3. The van der Waals surface area contributed by atoms with Crippen LogP contribution in [0.2, 0.25) is 0 Å². The average Bonchev–Trinajstić information content (AvgIpc) is 3.32. The van der Waals surface area contributed by atoms with Crippen molar-refractivity contribution in [3.8, 4) is 5.69 Å². The lowest BCUT2D eigenvalue weighted by Gasteiger charge is -2.22. The highest BCUT2D eigenvalue weighted by Gasteiger charge is 2.21. The van der Waals surface area contributed by atoms with E-state index in [9.17, 15) is 4.79 Å². The van der Waals surface area contributed by atoms with Gasteiger partial charge in [-0.1, -0.05) is 48.5 Å². The van der Waals surface area contributed by atoms with E-state index < -0.39 is 0 Å². The van der Waals surface area contributed by atoms with Crippen LogP contribution in [0.25, 0.3) is 15.9 Å². The number of benzene rings is 2. The topological polar surface area (TPSA) is 47.4 Å². The van der Waals surface area contributed by atoms with Crippen molar-refractivity contribution in [1.29, 1.82) is 0 Å². The Labute approximate surface area is 174 Å². The Balaban J connectivity index is 1.67. The molecule has 0 unspecified atom stereocenters. The number of fused-ring (bicyclic) bond motifs is 1. The van der Waals surface area contributed by atoms with E-state index in [0.29, 0.717) is 19.7 Å². The van der Waals surface area contributed by atoms with Gasteiger partial charge in [0.2, 0.25) is 0 Å². The van der Waals surface area contributed by atoms with Gasteiger partial charge in [-0.05, 0) is 30.7 Å². The summed E-state index contributed by atoms with van der Waals surface area (Å²) in [4.78, 5) is 16.9. The Kier molecular flexibility index (Phi) is 5.74. The first-order valence-electron chi connectivity index (χ1n) is 9.54. The van der Waals surface area contributed by atoms with Crippen molar-refractivity contribution in [2.75, 3.05) is 20.3 Å². The molecule has 0 N–H and O–H groups in total. The second kappa shape index (κ2) is 8.59. The van der Waals surface area contributed by atoms with E-state index in [1.165, 1.54) is 11.3 Å². The summed E-state index contributed by atoms with van der Waals surface area (Å²) in [5.41, 5.74) is 3.02. The molecule has 0 radical (unpaired) electrons. The molecule has 2 aromatic carbocycles. The molecule has 0 saturated heterocycles. The van der Waals surface area contributed by atoms with Gasteiger partial charge in [-0.15, -0.1) is 11.3 Å². The maximum atomic E-state index is 13.3. The first kappa shape index (κ1) is 19.4. The Morgan fingerprint density at radius 1 is 1.10 bits per heavy atom. The van der Waals surface area contributed by atoms with Gasteiger partial charge in [-0.2, -0.15) is 5.10 Å². The molecular formula is C23H23N3O2S. The van der Waals surface area contributed by atoms with Gasteiger partial charge >= 0.3 is 0 Å². The molecule has 148 valence electrons. The molecule has 0 atom stereocenters. The Bertz CT molecular complexity index is 1100. The fraction of sp³-hybridized carbons (Fsp3) is 0.217. The van der Waals surface area contributed by atoms with Crippen molar-refractivity contribution in [2.24, 2.45) is 0 Å². The minimum absolute atomic E-state index is 0.0196. The quantitative estimate of drug-likeness (QED) is 0.448. The van der Waals surface area contributed by atoms with E-state index >= 15 is 0 Å². The van der Waals surface area contributed by atoms with Gasteiger partial charge in [-0.3, -0.25) is 4.79 Å². The van der Waals surface area contributed by atoms with Crippen LogP contribution in [0, 0.1) is 6.92 Å². The molecule has 1 amide bonds. The van der Waals surface area contributed by atoms with Gasteiger partial charge in [0.05, 0.1) is 22.9 Å². The molecule has 29 heavy (non-hydrogen) atoms. The molecule has 4 rings (SSSR count). The Morgan fingerprint density at radius 2 is 1.79 bits per heavy atom. The van der Waals surface area contributed by atoms with Crippen LogP contribution >= 0.6 is 11.3 Å². The highest BCUT2D eigenvalue weighted by molar-refractivity contribution is 7.20. The molecule has 0 aliphatic heterocycles. The van der Waals surface area contributed by atoms with E-state index in [-0.39, 0.29) is 5.91 Å². The van der Waals surface area contributed by atoms with Crippen LogP contribution in [0.5, 0.6) is 0 Å². The lowest BCUT2D eigenvalue weighted by atomic mass is 10.2. The van der Waals surface area contributed by atoms with Crippen LogP contribution in [0.4, 0.5) is 0 Å². The summed E-state index contributed by atoms with van der Waals surface area (Å²) in [6.45, 7) is 3.58. The molecule has 6 heteroatoms. The molecule has 0 fully saturated rings. The molecule has 0 saturated carbocycles. The number of carbonyl (C=O) groups excluding carboxylic acids is 1. The summed E-state index contributed by atoms with van der Waals surface area (Å²) in [5, 5.41) is 5.69. The minimum Gasteiger partial charge on any atom is -0.383 e. The number of para-hydroxylation sites is 1. The van der Waals surface area contributed by atoms with E-state index in [2.05, 4.69) is 5.10 Å². The molecule has 0 aliphatic carbocycles. The van der Waals surface area contributed by atoms with Crippen molar-refractivity contribution in [1.82, 2.24) is 14.7 Å². The van der Waals surface area contributed by atoms with Crippen molar-refractivity contribution >= 4 is 27.5 Å². The monoisotopic (exact) mass is 405 g/mol. The average molecular weight is 406 g/mol. The summed E-state index contributed by atoms with van der Waals surface area (Å²) in [5.74, 6) is 0.0196. The number of rotatable bonds is 7. The lowest BCUT2D eigenvalue weighted by molar-refractivity contribution is 0.0685. The number of aryl methyl sites for hydroxylation is 1. The number of hydrogen-bond acceptors (Lipinski definition) is 4. The lowest BCUT2D eigenvalue weighted by Crippen LogP contribution is -2.33. The maximum Gasteiger partial charge on any atom is 0.264 e. The van der Waals surface area contributed by atoms with Gasteiger partial charge in [-0.25, -0.2) is 4.68 Å². The fourth-order valence-corrected chi connectivity index (χ4v) is 4.46. The second-order valence-electron chi connectivity index (χ2n) is 6.87. The first-order valence-corrected chi connectivity index (χ1v) is 10.4. The molecule has 2 aromatic heterocycles. The fourth-order valence-electron chi connectivity index (χ4n) is 3.31. The van der Waals surface area contributed by atoms with Crippen molar-refractivity contribution in [2.45, 2.75) is 13.5 Å². The number of carbonyl (C=O) groups is 1. The zero-order chi connectivity index (χ0) is 20.2. The largest absolute Gasteiger partial charge is 0.383 e. The van der Waals surface area contributed by atoms with E-state index in [1.54, 1.807) is 7.11 Å². The van der Waals surface area contributed by atoms with Crippen molar-refractivity contribution in [3.63, 3.8) is 0 Å². The third kappa shape index (κ3) is 4.09. The number of methoxy groups -OCH3 is 1. The second-order valence-corrected chi connectivity index (χ2v) is 7.90. The van der Waals surface area contributed by atoms with Crippen molar-refractivity contribution in [3.05, 3.63) is 82.9 Å². The molecule has 0 bridgehead atoms. The SMILES string of the molecule is COCCN(Cc1ccccc1)C(=O)c1cc2c(C)nn(-c3ccccc3)c2s1. The molecule has 4 aromatic rings. The molecule has 0 spiro atoms. The Hall–Kier alpha value is -2.96. The van der Waals surface area contributed by atoms with Crippen LogP contribution < -0.4 is 0 Å². The molecular weight excluding hydrogens is 382 g/mol. The maximum absolute atomic E-state index is 13.3. The number of amides is 1. The third-order valence-electron chi connectivity index (χ3n) is 4.82. The number of hydrogen-bond donors (Lipinski definition) is 0. The summed E-state index contributed by atoms with van der Waals surface area (Å²) in [6.07, 6.45) is 0. The standard InChI is InChI=1S/C23H23N3O2S/c1-17-20-15-21(29-23(20)26(24-17)19-11-7-4-8-12-19)22(27)25(13-14-28-2)16-18-9-5-3-6-10-18/h3-12,15H,13-14,16H2,1-2H3. The van der Waals surface area contributed by atoms with Crippen molar-refractivity contribution < 1.29 is 9.53 Å². The summed E-state index contributed by atoms with van der Waals surface area (Å²) >= 11 is 1.49. The van der Waals surface area contributed by atoms with Gasteiger partial charge in [0.25, 0.3) is 5.91 Å². The third-order valence-corrected chi connectivity index (χ3v) is 5.92. The van der Waals surface area contributed by atoms with Crippen LogP contribution in [0.15, 0.2) is 66.7 Å². The van der Waals surface area contributed by atoms with Crippen LogP contribution in [-0.4, -0.2) is 40.8 Å². The summed E-state index contributed by atoms with van der Waals surface area (Å²) in [7, 11) is 1.66. The van der Waals surface area contributed by atoms with E-state index in [1.807, 2.05) is 83.2 Å². The zero-order valence-corrected chi connectivity index (χ0v) is 17.4. The molecule has 2 heterocycles. The zero-order valence-electron chi connectivity index (χ0n) is 16.5. The Morgan fingerprint density at radius 3 is 2.48 bits per heavy atom. The van der Waals surface area contributed by atoms with Crippen LogP contribution in [0.3, 0.4) is 0 Å². The highest BCUT2D eigenvalue weighted by atomic mass is 32.1. The first-order chi connectivity index (χ1) is 14.2. The molecule has 0 aliphatic rings. The number of ether oxygens (including phenoxy) is 1. The molecule has 5 nitrogen and oxygen atoms in total. The number of aromatic nitrogens is 2. The highest BCUT2D eigenvalue weighted by Crippen LogP contribution is 2.31. The van der Waals surface area contributed by atoms with Crippen LogP contribution in [-0.2, 0) is 11.3 Å². The predicted molar refractivity (Wildman–Crippen MR) is 117 cm³/mol. The normalized spacial score (nSPS) is 11.1. The summed E-state index contributed by atoms with van der Waals surface area (Å²) < 4.78 is 7.15. The minimum atomic E-state index is 0.0196. The van der Waals surface area contributed by atoms with Gasteiger partial charge in [0.15, 0.2) is 0 Å².